The average Bonchev–Trinajstić information content (AvgIpc) is 2.45. The highest BCUT2D eigenvalue weighted by Crippen LogP contribution is 2.14. The quantitative estimate of drug-likeness (QED) is 0.873. The Labute approximate surface area is 117 Å². The third-order valence-electron chi connectivity index (χ3n) is 3.14. The highest BCUT2D eigenvalue weighted by molar-refractivity contribution is 5.88. The van der Waals surface area contributed by atoms with E-state index >= 15 is 0 Å². The van der Waals surface area contributed by atoms with Crippen LogP contribution < -0.4 is 5.32 Å². The van der Waals surface area contributed by atoms with Crippen LogP contribution in [-0.4, -0.2) is 21.0 Å². The predicted octanol–water partition coefficient (Wildman–Crippen LogP) is 2.33. The normalized spacial score (nSPS) is 12.1. The lowest BCUT2D eigenvalue weighted by atomic mass is 10.1. The van der Waals surface area contributed by atoms with Gasteiger partial charge >= 0.3 is 5.97 Å². The van der Waals surface area contributed by atoms with Crippen molar-refractivity contribution >= 4 is 5.97 Å². The van der Waals surface area contributed by atoms with E-state index in [1.165, 1.54) is 18.1 Å². The standard InChI is InChI=1S/C15H17N3O2/c1-10-4-3-5-12(6-10)11(2)17-8-14-13(15(19)20)7-16-9-18-14/h3-7,9,11,17H,8H2,1-2H3,(H,19,20)/t11-/m1/s1. The van der Waals surface area contributed by atoms with E-state index in [4.69, 9.17) is 5.11 Å². The Kier molecular flexibility index (Phi) is 4.42. The average molecular weight is 271 g/mol. The summed E-state index contributed by atoms with van der Waals surface area (Å²) in [6, 6.07) is 8.32. The molecule has 1 atom stereocenters. The fourth-order valence-electron chi connectivity index (χ4n) is 1.98. The third kappa shape index (κ3) is 3.39. The molecule has 1 aromatic carbocycles. The van der Waals surface area contributed by atoms with Crippen molar-refractivity contribution in [1.29, 1.82) is 0 Å². The topological polar surface area (TPSA) is 75.1 Å². The molecule has 0 bridgehead atoms. The van der Waals surface area contributed by atoms with Gasteiger partial charge in [0.05, 0.1) is 5.69 Å². The highest BCUT2D eigenvalue weighted by Gasteiger charge is 2.12. The third-order valence-corrected chi connectivity index (χ3v) is 3.14. The molecular weight excluding hydrogens is 254 g/mol. The first-order valence-electron chi connectivity index (χ1n) is 6.40. The molecule has 0 unspecified atom stereocenters. The van der Waals surface area contributed by atoms with Gasteiger partial charge in [-0.1, -0.05) is 29.8 Å². The molecule has 1 aromatic heterocycles. The molecule has 0 fully saturated rings. The largest absolute Gasteiger partial charge is 0.478 e. The molecule has 2 rings (SSSR count). The molecule has 0 aliphatic heterocycles. The molecule has 2 N–H and O–H groups in total. The molecule has 104 valence electrons. The van der Waals surface area contributed by atoms with Gasteiger partial charge in [0.25, 0.3) is 0 Å². The number of aromatic nitrogens is 2. The van der Waals surface area contributed by atoms with Crippen LogP contribution in [0.2, 0.25) is 0 Å². The zero-order valence-corrected chi connectivity index (χ0v) is 11.5. The predicted molar refractivity (Wildman–Crippen MR) is 75.4 cm³/mol. The second kappa shape index (κ2) is 6.25. The molecule has 0 aliphatic carbocycles. The van der Waals surface area contributed by atoms with Gasteiger partial charge in [0, 0.05) is 18.8 Å². The fourth-order valence-corrected chi connectivity index (χ4v) is 1.98. The number of nitrogens with one attached hydrogen (secondary N) is 1. The van der Waals surface area contributed by atoms with Crippen LogP contribution in [0, 0.1) is 6.92 Å². The molecule has 2 aromatic rings. The molecule has 1 heterocycles. The van der Waals surface area contributed by atoms with E-state index in [0.29, 0.717) is 12.2 Å². The summed E-state index contributed by atoms with van der Waals surface area (Å²) in [6.45, 7) is 4.47. The zero-order chi connectivity index (χ0) is 14.5. The van der Waals surface area contributed by atoms with E-state index in [1.54, 1.807) is 0 Å². The van der Waals surface area contributed by atoms with E-state index in [0.717, 1.165) is 5.56 Å². The Morgan fingerprint density at radius 1 is 1.45 bits per heavy atom. The van der Waals surface area contributed by atoms with Crippen LogP contribution in [0.4, 0.5) is 0 Å². The molecular formula is C15H17N3O2. The van der Waals surface area contributed by atoms with Crippen molar-refractivity contribution in [3.8, 4) is 0 Å². The minimum absolute atomic E-state index is 0.117. The summed E-state index contributed by atoms with van der Waals surface area (Å²) in [7, 11) is 0. The van der Waals surface area contributed by atoms with E-state index in [9.17, 15) is 4.79 Å². The van der Waals surface area contributed by atoms with Gasteiger partial charge in [-0.2, -0.15) is 0 Å². The second-order valence-corrected chi connectivity index (χ2v) is 4.70. The molecule has 20 heavy (non-hydrogen) atoms. The van der Waals surface area contributed by atoms with Gasteiger partial charge in [0.2, 0.25) is 0 Å². The van der Waals surface area contributed by atoms with Crippen molar-refractivity contribution in [1.82, 2.24) is 15.3 Å². The van der Waals surface area contributed by atoms with Crippen molar-refractivity contribution < 1.29 is 9.90 Å². The molecule has 0 radical (unpaired) electrons. The molecule has 0 saturated heterocycles. The van der Waals surface area contributed by atoms with Crippen LogP contribution in [0.1, 0.15) is 40.1 Å². The lowest BCUT2D eigenvalue weighted by Crippen LogP contribution is -2.21. The summed E-state index contributed by atoms with van der Waals surface area (Å²) in [5, 5.41) is 12.4. The van der Waals surface area contributed by atoms with E-state index in [1.807, 2.05) is 32.0 Å². The van der Waals surface area contributed by atoms with Gasteiger partial charge in [0.15, 0.2) is 0 Å². The maximum absolute atomic E-state index is 11.1. The Morgan fingerprint density at radius 2 is 2.25 bits per heavy atom. The summed E-state index contributed by atoms with van der Waals surface area (Å²) in [4.78, 5) is 18.8. The van der Waals surface area contributed by atoms with Gasteiger partial charge < -0.3 is 10.4 Å². The maximum atomic E-state index is 11.1. The summed E-state index contributed by atoms with van der Waals surface area (Å²) >= 11 is 0. The van der Waals surface area contributed by atoms with Crippen LogP contribution in [-0.2, 0) is 6.54 Å². The first-order valence-corrected chi connectivity index (χ1v) is 6.40. The van der Waals surface area contributed by atoms with E-state index in [2.05, 4.69) is 21.4 Å². The lowest BCUT2D eigenvalue weighted by molar-refractivity contribution is 0.0694. The van der Waals surface area contributed by atoms with Gasteiger partial charge in [-0.25, -0.2) is 14.8 Å². The number of carboxylic acids is 1. The lowest BCUT2D eigenvalue weighted by Gasteiger charge is -2.15. The van der Waals surface area contributed by atoms with Crippen LogP contribution in [0.5, 0.6) is 0 Å². The van der Waals surface area contributed by atoms with Gasteiger partial charge in [0.1, 0.15) is 11.9 Å². The van der Waals surface area contributed by atoms with Crippen LogP contribution in [0.25, 0.3) is 0 Å². The van der Waals surface area contributed by atoms with E-state index in [-0.39, 0.29) is 11.6 Å². The minimum Gasteiger partial charge on any atom is -0.478 e. The molecule has 0 amide bonds. The Balaban J connectivity index is 2.07. The van der Waals surface area contributed by atoms with Gasteiger partial charge in [-0.05, 0) is 19.4 Å². The minimum atomic E-state index is -1.01. The number of nitrogens with zero attached hydrogens (tertiary/aromatic N) is 2. The van der Waals surface area contributed by atoms with Crippen molar-refractivity contribution in [2.24, 2.45) is 0 Å². The molecule has 5 nitrogen and oxygen atoms in total. The molecule has 0 saturated carbocycles. The second-order valence-electron chi connectivity index (χ2n) is 4.70. The smallest absolute Gasteiger partial charge is 0.339 e. The number of hydrogen-bond donors (Lipinski definition) is 2. The molecule has 5 heteroatoms. The number of benzene rings is 1. The zero-order valence-electron chi connectivity index (χ0n) is 11.5. The van der Waals surface area contributed by atoms with Gasteiger partial charge in [-0.3, -0.25) is 0 Å². The van der Waals surface area contributed by atoms with Crippen molar-refractivity contribution in [2.45, 2.75) is 26.4 Å². The number of hydrogen-bond acceptors (Lipinski definition) is 4. The van der Waals surface area contributed by atoms with Crippen molar-refractivity contribution in [3.05, 3.63) is 59.2 Å². The summed E-state index contributed by atoms with van der Waals surface area (Å²) < 4.78 is 0. The maximum Gasteiger partial charge on any atom is 0.339 e. The Bertz CT molecular complexity index is 614. The number of carboxylic acid groups (broad SMARTS) is 1. The highest BCUT2D eigenvalue weighted by atomic mass is 16.4. The SMILES string of the molecule is Cc1cccc([C@@H](C)NCc2ncncc2C(=O)O)c1. The fraction of sp³-hybridized carbons (Fsp3) is 0.267. The summed E-state index contributed by atoms with van der Waals surface area (Å²) in [5.74, 6) is -1.01. The first kappa shape index (κ1) is 14.1. The first-order chi connectivity index (χ1) is 9.58. The Hall–Kier alpha value is -2.27. The van der Waals surface area contributed by atoms with Crippen molar-refractivity contribution in [2.75, 3.05) is 0 Å². The van der Waals surface area contributed by atoms with Crippen LogP contribution in [0.15, 0.2) is 36.8 Å². The monoisotopic (exact) mass is 271 g/mol. The number of rotatable bonds is 5. The summed E-state index contributed by atoms with van der Waals surface area (Å²) in [5.41, 5.74) is 2.99. The molecule has 0 aliphatic rings. The van der Waals surface area contributed by atoms with E-state index < -0.39 is 5.97 Å². The number of aromatic carboxylic acids is 1. The summed E-state index contributed by atoms with van der Waals surface area (Å²) in [6.07, 6.45) is 2.68. The molecule has 0 spiro atoms. The Morgan fingerprint density at radius 3 is 2.95 bits per heavy atom. The number of carbonyl (C=O) groups is 1. The van der Waals surface area contributed by atoms with Crippen LogP contribution in [0.3, 0.4) is 0 Å². The van der Waals surface area contributed by atoms with Crippen molar-refractivity contribution in [3.63, 3.8) is 0 Å². The van der Waals surface area contributed by atoms with Crippen LogP contribution >= 0.6 is 0 Å². The number of aryl methyl sites for hydroxylation is 1. The van der Waals surface area contributed by atoms with Gasteiger partial charge in [-0.15, -0.1) is 0 Å².